The maximum absolute atomic E-state index is 13.0. The molecular weight excluding hydrogens is 382 g/mol. The molecule has 3 aromatic heterocycles. The van der Waals surface area contributed by atoms with Crippen molar-refractivity contribution in [2.75, 3.05) is 0 Å². The summed E-state index contributed by atoms with van der Waals surface area (Å²) in [5.74, 6) is 0.531. The zero-order chi connectivity index (χ0) is 19.6. The lowest BCUT2D eigenvalue weighted by Gasteiger charge is -2.02. The van der Waals surface area contributed by atoms with Gasteiger partial charge in [-0.05, 0) is 35.7 Å². The van der Waals surface area contributed by atoms with Crippen molar-refractivity contribution in [3.63, 3.8) is 0 Å². The average molecular weight is 399 g/mol. The van der Waals surface area contributed by atoms with Crippen LogP contribution >= 0.6 is 11.3 Å². The first-order valence-corrected chi connectivity index (χ1v) is 10.1. The number of thiophene rings is 1. The quantitative estimate of drug-likeness (QED) is 0.460. The van der Waals surface area contributed by atoms with E-state index in [0.717, 1.165) is 21.6 Å². The number of carbonyl (C=O) groups excluding carboxylic acids is 1. The number of fused-ring (bicyclic) bond motifs is 1. The predicted molar refractivity (Wildman–Crippen MR) is 114 cm³/mol. The number of para-hydroxylation sites is 3. The highest BCUT2D eigenvalue weighted by molar-refractivity contribution is 7.13. The summed E-state index contributed by atoms with van der Waals surface area (Å²) in [7, 11) is 0. The van der Waals surface area contributed by atoms with Crippen LogP contribution in [0, 0.1) is 0 Å². The van der Waals surface area contributed by atoms with Crippen LogP contribution in [0.15, 0.2) is 78.3 Å². The molecule has 2 aromatic carbocycles. The summed E-state index contributed by atoms with van der Waals surface area (Å²) in [6.45, 7) is 0.313. The Hall–Kier alpha value is -3.71. The highest BCUT2D eigenvalue weighted by Crippen LogP contribution is 2.27. The minimum atomic E-state index is -0.184. The van der Waals surface area contributed by atoms with Gasteiger partial charge in [0.1, 0.15) is 11.5 Å². The van der Waals surface area contributed by atoms with Gasteiger partial charge in [0.05, 0.1) is 33.7 Å². The standard InChI is InChI=1S/C22H17N5OS/c28-22(23-13-20-24-17-9-4-5-10-18(17)25-20)16-14-27(15-7-2-1-3-8-15)26-21(16)19-11-6-12-29-19/h1-12,14H,13H2,(H,23,28)(H,24,25). The Bertz CT molecular complexity index is 1240. The lowest BCUT2D eigenvalue weighted by atomic mass is 10.2. The Morgan fingerprint density at radius 2 is 1.86 bits per heavy atom. The molecule has 0 aliphatic carbocycles. The Morgan fingerprint density at radius 3 is 2.66 bits per heavy atom. The minimum absolute atomic E-state index is 0.184. The average Bonchev–Trinajstić information content (AvgIpc) is 3.51. The van der Waals surface area contributed by atoms with Gasteiger partial charge in [0, 0.05) is 6.20 Å². The summed E-state index contributed by atoms with van der Waals surface area (Å²) in [6.07, 6.45) is 1.78. The first kappa shape index (κ1) is 17.4. The van der Waals surface area contributed by atoms with Gasteiger partial charge in [-0.25, -0.2) is 9.67 Å². The second-order valence-corrected chi connectivity index (χ2v) is 7.48. The van der Waals surface area contributed by atoms with E-state index >= 15 is 0 Å². The van der Waals surface area contributed by atoms with Crippen molar-refractivity contribution in [1.29, 1.82) is 0 Å². The van der Waals surface area contributed by atoms with Crippen LogP contribution in [0.1, 0.15) is 16.2 Å². The van der Waals surface area contributed by atoms with Gasteiger partial charge < -0.3 is 10.3 Å². The topological polar surface area (TPSA) is 75.6 Å². The fourth-order valence-corrected chi connectivity index (χ4v) is 3.92. The van der Waals surface area contributed by atoms with E-state index in [2.05, 4.69) is 20.4 Å². The van der Waals surface area contributed by atoms with Gasteiger partial charge >= 0.3 is 0 Å². The van der Waals surface area contributed by atoms with Crippen molar-refractivity contribution in [3.8, 4) is 16.3 Å². The lowest BCUT2D eigenvalue weighted by Crippen LogP contribution is -2.23. The van der Waals surface area contributed by atoms with E-state index < -0.39 is 0 Å². The SMILES string of the molecule is O=C(NCc1nc2ccccc2[nH]1)c1cn(-c2ccccc2)nc1-c1cccs1. The molecule has 0 fully saturated rings. The Kier molecular flexibility index (Phi) is 4.42. The molecule has 3 heterocycles. The van der Waals surface area contributed by atoms with Gasteiger partial charge in [0.2, 0.25) is 0 Å². The first-order valence-electron chi connectivity index (χ1n) is 9.19. The molecule has 6 nitrogen and oxygen atoms in total. The smallest absolute Gasteiger partial charge is 0.255 e. The van der Waals surface area contributed by atoms with Crippen LogP contribution < -0.4 is 5.32 Å². The van der Waals surface area contributed by atoms with Gasteiger partial charge in [-0.1, -0.05) is 36.4 Å². The predicted octanol–water partition coefficient (Wildman–Crippen LogP) is 4.41. The number of aromatic nitrogens is 4. The summed E-state index contributed by atoms with van der Waals surface area (Å²) < 4.78 is 1.74. The monoisotopic (exact) mass is 399 g/mol. The third kappa shape index (κ3) is 3.43. The maximum Gasteiger partial charge on any atom is 0.255 e. The van der Waals surface area contributed by atoms with Gasteiger partial charge in [0.15, 0.2) is 0 Å². The number of hydrogen-bond donors (Lipinski definition) is 2. The second-order valence-electron chi connectivity index (χ2n) is 6.53. The molecule has 29 heavy (non-hydrogen) atoms. The van der Waals surface area contributed by atoms with Crippen LogP contribution in [0.2, 0.25) is 0 Å². The van der Waals surface area contributed by atoms with Crippen LogP contribution in [0.25, 0.3) is 27.3 Å². The molecule has 0 saturated carbocycles. The Balaban J connectivity index is 1.44. The van der Waals surface area contributed by atoms with Gasteiger partial charge in [-0.3, -0.25) is 4.79 Å². The summed E-state index contributed by atoms with van der Waals surface area (Å²) in [6, 6.07) is 21.5. The van der Waals surface area contributed by atoms with Crippen LogP contribution in [0.5, 0.6) is 0 Å². The molecule has 0 saturated heterocycles. The Morgan fingerprint density at radius 1 is 1.03 bits per heavy atom. The van der Waals surface area contributed by atoms with E-state index in [-0.39, 0.29) is 5.91 Å². The fraction of sp³-hybridized carbons (Fsp3) is 0.0455. The van der Waals surface area contributed by atoms with Crippen LogP contribution in [-0.2, 0) is 6.54 Å². The maximum atomic E-state index is 13.0. The normalized spacial score (nSPS) is 11.0. The van der Waals surface area contributed by atoms with Gasteiger partial charge in [0.25, 0.3) is 5.91 Å². The number of rotatable bonds is 5. The van der Waals surface area contributed by atoms with Crippen molar-refractivity contribution >= 4 is 28.3 Å². The minimum Gasteiger partial charge on any atom is -0.345 e. The molecule has 142 valence electrons. The van der Waals surface area contributed by atoms with Crippen LogP contribution in [-0.4, -0.2) is 25.7 Å². The van der Waals surface area contributed by atoms with Crippen molar-refractivity contribution in [2.24, 2.45) is 0 Å². The van der Waals surface area contributed by atoms with Crippen molar-refractivity contribution < 1.29 is 4.79 Å². The fourth-order valence-electron chi connectivity index (χ4n) is 3.20. The number of hydrogen-bond acceptors (Lipinski definition) is 4. The molecule has 5 aromatic rings. The van der Waals surface area contributed by atoms with E-state index in [1.165, 1.54) is 0 Å². The van der Waals surface area contributed by atoms with Crippen molar-refractivity contribution in [1.82, 2.24) is 25.1 Å². The van der Waals surface area contributed by atoms with Crippen molar-refractivity contribution in [2.45, 2.75) is 6.54 Å². The first-order chi connectivity index (χ1) is 14.3. The Labute approximate surface area is 170 Å². The van der Waals surface area contributed by atoms with Crippen LogP contribution in [0.3, 0.4) is 0 Å². The molecule has 0 aliphatic heterocycles. The molecule has 0 bridgehead atoms. The van der Waals surface area contributed by atoms with E-state index in [0.29, 0.717) is 23.6 Å². The number of imidazole rings is 1. The molecule has 1 amide bonds. The van der Waals surface area contributed by atoms with E-state index in [9.17, 15) is 4.79 Å². The largest absolute Gasteiger partial charge is 0.345 e. The summed E-state index contributed by atoms with van der Waals surface area (Å²) in [4.78, 5) is 21.7. The summed E-state index contributed by atoms with van der Waals surface area (Å²) in [5.41, 5.74) is 3.95. The molecule has 2 N–H and O–H groups in total. The van der Waals surface area contributed by atoms with E-state index in [1.807, 2.05) is 72.1 Å². The molecule has 0 atom stereocenters. The molecule has 0 radical (unpaired) electrons. The number of amides is 1. The van der Waals surface area contributed by atoms with Gasteiger partial charge in [-0.15, -0.1) is 11.3 Å². The molecule has 5 rings (SSSR count). The summed E-state index contributed by atoms with van der Waals surface area (Å²) >= 11 is 1.56. The zero-order valence-electron chi connectivity index (χ0n) is 15.4. The van der Waals surface area contributed by atoms with E-state index in [1.54, 1.807) is 22.2 Å². The number of benzene rings is 2. The van der Waals surface area contributed by atoms with Crippen LogP contribution in [0.4, 0.5) is 0 Å². The molecule has 0 spiro atoms. The molecule has 0 aliphatic rings. The van der Waals surface area contributed by atoms with Gasteiger partial charge in [-0.2, -0.15) is 5.10 Å². The summed E-state index contributed by atoms with van der Waals surface area (Å²) in [5, 5.41) is 9.62. The third-order valence-electron chi connectivity index (χ3n) is 4.59. The second kappa shape index (κ2) is 7.37. The number of aromatic amines is 1. The highest BCUT2D eigenvalue weighted by atomic mass is 32.1. The zero-order valence-corrected chi connectivity index (χ0v) is 16.2. The number of nitrogens with zero attached hydrogens (tertiary/aromatic N) is 3. The van der Waals surface area contributed by atoms with Crippen molar-refractivity contribution in [3.05, 3.63) is 89.7 Å². The number of carbonyl (C=O) groups is 1. The molecule has 0 unspecified atom stereocenters. The highest BCUT2D eigenvalue weighted by Gasteiger charge is 2.19. The third-order valence-corrected chi connectivity index (χ3v) is 5.47. The van der Waals surface area contributed by atoms with E-state index in [4.69, 9.17) is 0 Å². The number of nitrogens with one attached hydrogen (secondary N) is 2. The number of H-pyrrole nitrogens is 1. The lowest BCUT2D eigenvalue weighted by molar-refractivity contribution is 0.0950. The molecule has 7 heteroatoms. The molecular formula is C22H17N5OS.